The molecule has 1 nitrogen and oxygen atoms in total. The molecular formula is C16H15FOS. The molecule has 3 heteroatoms. The summed E-state index contributed by atoms with van der Waals surface area (Å²) in [6.45, 7) is 0. The molecule has 0 amide bonds. The standard InChI is InChI=1S/C16H15FOS/c17-14-7-3-1-5-11(14)9-15(18)13-10-19-16-8-4-2-6-12(13)16/h1-8,13,15,18H,9-10H2. The molecule has 2 aromatic carbocycles. The van der Waals surface area contributed by atoms with Crippen molar-refractivity contribution in [1.82, 2.24) is 0 Å². The van der Waals surface area contributed by atoms with Crippen molar-refractivity contribution in [3.63, 3.8) is 0 Å². The molecular weight excluding hydrogens is 259 g/mol. The average molecular weight is 274 g/mol. The number of halogens is 1. The number of aliphatic hydroxyl groups excluding tert-OH is 1. The molecule has 1 N–H and O–H groups in total. The zero-order chi connectivity index (χ0) is 13.2. The third-order valence-electron chi connectivity index (χ3n) is 3.59. The summed E-state index contributed by atoms with van der Waals surface area (Å²) in [5.41, 5.74) is 1.78. The molecule has 0 aromatic heterocycles. The van der Waals surface area contributed by atoms with Crippen LogP contribution in [-0.2, 0) is 6.42 Å². The molecule has 0 bridgehead atoms. The predicted molar refractivity (Wildman–Crippen MR) is 76.0 cm³/mol. The van der Waals surface area contributed by atoms with Crippen molar-refractivity contribution in [3.8, 4) is 0 Å². The van der Waals surface area contributed by atoms with E-state index in [0.29, 0.717) is 12.0 Å². The Balaban J connectivity index is 1.79. The van der Waals surface area contributed by atoms with Crippen LogP contribution in [0, 0.1) is 5.82 Å². The molecule has 0 spiro atoms. The summed E-state index contributed by atoms with van der Waals surface area (Å²) in [4.78, 5) is 1.24. The first-order valence-electron chi connectivity index (χ1n) is 6.39. The highest BCUT2D eigenvalue weighted by Gasteiger charge is 2.29. The van der Waals surface area contributed by atoms with Crippen LogP contribution in [0.25, 0.3) is 0 Å². The lowest BCUT2D eigenvalue weighted by Gasteiger charge is -2.18. The van der Waals surface area contributed by atoms with Crippen LogP contribution in [0.1, 0.15) is 17.0 Å². The van der Waals surface area contributed by atoms with E-state index in [2.05, 4.69) is 12.1 Å². The van der Waals surface area contributed by atoms with Gasteiger partial charge in [0.15, 0.2) is 0 Å². The summed E-state index contributed by atoms with van der Waals surface area (Å²) >= 11 is 1.77. The van der Waals surface area contributed by atoms with Crippen LogP contribution < -0.4 is 0 Å². The van der Waals surface area contributed by atoms with Gasteiger partial charge in [0.1, 0.15) is 5.82 Å². The van der Waals surface area contributed by atoms with E-state index >= 15 is 0 Å². The molecule has 0 saturated heterocycles. The molecule has 98 valence electrons. The molecule has 1 aliphatic rings. The molecule has 2 aromatic rings. The van der Waals surface area contributed by atoms with E-state index in [0.717, 1.165) is 5.75 Å². The van der Waals surface area contributed by atoms with E-state index in [1.165, 1.54) is 16.5 Å². The van der Waals surface area contributed by atoms with Crippen LogP contribution >= 0.6 is 11.8 Å². The smallest absolute Gasteiger partial charge is 0.126 e. The van der Waals surface area contributed by atoms with Crippen molar-refractivity contribution in [3.05, 3.63) is 65.5 Å². The minimum Gasteiger partial charge on any atom is -0.392 e. The lowest BCUT2D eigenvalue weighted by atomic mass is 9.91. The van der Waals surface area contributed by atoms with E-state index in [-0.39, 0.29) is 11.7 Å². The average Bonchev–Trinajstić information content (AvgIpc) is 2.85. The third-order valence-corrected chi connectivity index (χ3v) is 4.80. The van der Waals surface area contributed by atoms with Crippen molar-refractivity contribution < 1.29 is 9.50 Å². The van der Waals surface area contributed by atoms with E-state index in [4.69, 9.17) is 0 Å². The Morgan fingerprint density at radius 2 is 1.89 bits per heavy atom. The molecule has 0 fully saturated rings. The first-order valence-corrected chi connectivity index (χ1v) is 7.37. The van der Waals surface area contributed by atoms with Gasteiger partial charge in [-0.3, -0.25) is 0 Å². The second kappa shape index (κ2) is 5.35. The summed E-state index contributed by atoms with van der Waals surface area (Å²) in [5.74, 6) is 0.732. The summed E-state index contributed by atoms with van der Waals surface area (Å²) in [7, 11) is 0. The van der Waals surface area contributed by atoms with Crippen molar-refractivity contribution >= 4 is 11.8 Å². The van der Waals surface area contributed by atoms with Gasteiger partial charge in [0.2, 0.25) is 0 Å². The minimum absolute atomic E-state index is 0.0980. The van der Waals surface area contributed by atoms with E-state index in [1.807, 2.05) is 18.2 Å². The molecule has 2 unspecified atom stereocenters. The SMILES string of the molecule is OC(Cc1ccccc1F)C1CSc2ccccc21. The first kappa shape index (κ1) is 12.7. The Labute approximate surface area is 116 Å². The maximum absolute atomic E-state index is 13.6. The normalized spacial score (nSPS) is 19.2. The van der Waals surface area contributed by atoms with Gasteiger partial charge in [-0.25, -0.2) is 4.39 Å². The summed E-state index contributed by atoms with van der Waals surface area (Å²) in [5, 5.41) is 10.4. The van der Waals surface area contributed by atoms with Crippen molar-refractivity contribution in [2.45, 2.75) is 23.3 Å². The van der Waals surface area contributed by atoms with Gasteiger partial charge >= 0.3 is 0 Å². The van der Waals surface area contributed by atoms with Crippen LogP contribution in [0.4, 0.5) is 4.39 Å². The van der Waals surface area contributed by atoms with Gasteiger partial charge in [-0.2, -0.15) is 0 Å². The van der Waals surface area contributed by atoms with Crippen LogP contribution in [0.5, 0.6) is 0 Å². The molecule has 1 aliphatic heterocycles. The molecule has 0 radical (unpaired) electrons. The van der Waals surface area contributed by atoms with Crippen molar-refractivity contribution in [2.75, 3.05) is 5.75 Å². The Bertz CT molecular complexity index is 584. The Kier molecular flexibility index (Phi) is 3.58. The zero-order valence-corrected chi connectivity index (χ0v) is 11.2. The number of aliphatic hydroxyl groups is 1. The highest BCUT2D eigenvalue weighted by atomic mass is 32.2. The fourth-order valence-corrected chi connectivity index (χ4v) is 3.86. The van der Waals surface area contributed by atoms with E-state index in [9.17, 15) is 9.50 Å². The molecule has 0 aliphatic carbocycles. The fourth-order valence-electron chi connectivity index (χ4n) is 2.54. The molecule has 1 heterocycles. The lowest BCUT2D eigenvalue weighted by Crippen LogP contribution is -2.21. The minimum atomic E-state index is -0.534. The van der Waals surface area contributed by atoms with Crippen molar-refractivity contribution in [2.24, 2.45) is 0 Å². The molecule has 3 rings (SSSR count). The number of hydrogen-bond acceptors (Lipinski definition) is 2. The maximum Gasteiger partial charge on any atom is 0.126 e. The maximum atomic E-state index is 13.6. The van der Waals surface area contributed by atoms with Gasteiger partial charge in [-0.15, -0.1) is 11.8 Å². The molecule has 0 saturated carbocycles. The molecule has 2 atom stereocenters. The molecule has 19 heavy (non-hydrogen) atoms. The Morgan fingerprint density at radius 1 is 1.16 bits per heavy atom. The van der Waals surface area contributed by atoms with Crippen LogP contribution in [0.3, 0.4) is 0 Å². The van der Waals surface area contributed by atoms with Gasteiger partial charge in [0.25, 0.3) is 0 Å². The second-order valence-corrected chi connectivity index (χ2v) is 5.88. The van der Waals surface area contributed by atoms with Gasteiger partial charge in [0, 0.05) is 23.0 Å². The quantitative estimate of drug-likeness (QED) is 0.922. The largest absolute Gasteiger partial charge is 0.392 e. The second-order valence-electron chi connectivity index (χ2n) is 4.82. The number of benzene rings is 2. The summed E-state index contributed by atoms with van der Waals surface area (Å²) in [6.07, 6.45) is -0.167. The highest BCUT2D eigenvalue weighted by Crippen LogP contribution is 2.41. The zero-order valence-electron chi connectivity index (χ0n) is 10.4. The third kappa shape index (κ3) is 2.53. The number of hydrogen-bond donors (Lipinski definition) is 1. The number of rotatable bonds is 3. The van der Waals surface area contributed by atoms with Crippen LogP contribution in [0.2, 0.25) is 0 Å². The van der Waals surface area contributed by atoms with Crippen molar-refractivity contribution in [1.29, 1.82) is 0 Å². The monoisotopic (exact) mass is 274 g/mol. The lowest BCUT2D eigenvalue weighted by molar-refractivity contribution is 0.150. The van der Waals surface area contributed by atoms with Gasteiger partial charge in [0.05, 0.1) is 6.10 Å². The highest BCUT2D eigenvalue weighted by molar-refractivity contribution is 7.99. The predicted octanol–water partition coefficient (Wildman–Crippen LogP) is 3.62. The van der Waals surface area contributed by atoms with Crippen LogP contribution in [-0.4, -0.2) is 17.0 Å². The Hall–Kier alpha value is -1.32. The summed E-state index contributed by atoms with van der Waals surface area (Å²) < 4.78 is 13.6. The van der Waals surface area contributed by atoms with E-state index < -0.39 is 6.10 Å². The van der Waals surface area contributed by atoms with Gasteiger partial charge in [-0.1, -0.05) is 36.4 Å². The van der Waals surface area contributed by atoms with Gasteiger partial charge < -0.3 is 5.11 Å². The number of thioether (sulfide) groups is 1. The van der Waals surface area contributed by atoms with Crippen LogP contribution in [0.15, 0.2) is 53.4 Å². The summed E-state index contributed by atoms with van der Waals surface area (Å²) in [6, 6.07) is 14.8. The van der Waals surface area contributed by atoms with E-state index in [1.54, 1.807) is 23.9 Å². The Morgan fingerprint density at radius 3 is 2.74 bits per heavy atom. The first-order chi connectivity index (χ1) is 9.25. The van der Waals surface area contributed by atoms with Gasteiger partial charge in [-0.05, 0) is 23.3 Å². The number of fused-ring (bicyclic) bond motifs is 1. The fraction of sp³-hybridized carbons (Fsp3) is 0.250. The topological polar surface area (TPSA) is 20.2 Å².